The van der Waals surface area contributed by atoms with Crippen molar-refractivity contribution in [3.8, 4) is 0 Å². The summed E-state index contributed by atoms with van der Waals surface area (Å²) in [4.78, 5) is 2.02. The van der Waals surface area contributed by atoms with Gasteiger partial charge in [0.1, 0.15) is 0 Å². The second kappa shape index (κ2) is 2.96. The monoisotopic (exact) mass is 173 g/mol. The second-order valence-corrected chi connectivity index (χ2v) is 3.68. The van der Waals surface area contributed by atoms with Crippen molar-refractivity contribution in [3.05, 3.63) is 0 Å². The standard InChI is InChI=1S/C8H15NO3/c10-4-6-8(12)7(11)5-2-1-3-9(5)6/h5-8,10-12H,1-4H2/t5?,6-,7-,8-/m1/s1. The summed E-state index contributed by atoms with van der Waals surface area (Å²) in [6, 6.07) is -0.162. The van der Waals surface area contributed by atoms with Gasteiger partial charge in [0.25, 0.3) is 0 Å². The Balaban J connectivity index is 2.15. The number of aliphatic hydroxyl groups is 3. The zero-order valence-electron chi connectivity index (χ0n) is 6.93. The van der Waals surface area contributed by atoms with Crippen LogP contribution in [0.1, 0.15) is 12.8 Å². The van der Waals surface area contributed by atoms with Gasteiger partial charge in [0.05, 0.1) is 24.9 Å². The lowest BCUT2D eigenvalue weighted by atomic mass is 10.1. The van der Waals surface area contributed by atoms with Crippen LogP contribution < -0.4 is 0 Å². The SMILES string of the molecule is OC[C@@H]1[C@@H](O)[C@H](O)C2CCCN21. The van der Waals surface area contributed by atoms with Crippen LogP contribution in [-0.2, 0) is 0 Å². The lowest BCUT2D eigenvalue weighted by Gasteiger charge is -2.21. The summed E-state index contributed by atoms with van der Waals surface area (Å²) in [5.41, 5.74) is 0. The Morgan fingerprint density at radius 2 is 2.00 bits per heavy atom. The molecule has 2 aliphatic rings. The fourth-order valence-corrected chi connectivity index (χ4v) is 2.46. The van der Waals surface area contributed by atoms with Crippen LogP contribution in [0.4, 0.5) is 0 Å². The molecule has 70 valence electrons. The topological polar surface area (TPSA) is 63.9 Å². The first-order chi connectivity index (χ1) is 5.75. The van der Waals surface area contributed by atoms with Crippen molar-refractivity contribution in [2.45, 2.75) is 37.1 Å². The van der Waals surface area contributed by atoms with Gasteiger partial charge in [-0.05, 0) is 19.4 Å². The number of aliphatic hydroxyl groups excluding tert-OH is 3. The number of hydrogen-bond donors (Lipinski definition) is 3. The van der Waals surface area contributed by atoms with E-state index in [1.165, 1.54) is 0 Å². The lowest BCUT2D eigenvalue weighted by molar-refractivity contribution is 0.0154. The van der Waals surface area contributed by atoms with Crippen LogP contribution in [0.2, 0.25) is 0 Å². The van der Waals surface area contributed by atoms with E-state index in [0.29, 0.717) is 0 Å². The first kappa shape index (κ1) is 8.44. The predicted octanol–water partition coefficient (Wildman–Crippen LogP) is -1.45. The molecule has 3 N–H and O–H groups in total. The molecule has 12 heavy (non-hydrogen) atoms. The fraction of sp³-hybridized carbons (Fsp3) is 1.00. The highest BCUT2D eigenvalue weighted by molar-refractivity contribution is 5.03. The number of hydrogen-bond acceptors (Lipinski definition) is 4. The molecule has 0 radical (unpaired) electrons. The van der Waals surface area contributed by atoms with E-state index in [1.54, 1.807) is 0 Å². The van der Waals surface area contributed by atoms with Crippen LogP contribution in [0.5, 0.6) is 0 Å². The van der Waals surface area contributed by atoms with Crippen LogP contribution in [0.15, 0.2) is 0 Å². The van der Waals surface area contributed by atoms with E-state index in [0.717, 1.165) is 19.4 Å². The quantitative estimate of drug-likeness (QED) is 0.454. The minimum Gasteiger partial charge on any atom is -0.395 e. The Hall–Kier alpha value is -0.160. The third-order valence-corrected chi connectivity index (χ3v) is 3.09. The molecule has 4 atom stereocenters. The number of fused-ring (bicyclic) bond motifs is 1. The summed E-state index contributed by atoms with van der Waals surface area (Å²) in [5.74, 6) is 0. The summed E-state index contributed by atoms with van der Waals surface area (Å²) in [7, 11) is 0. The molecule has 4 heteroatoms. The summed E-state index contributed by atoms with van der Waals surface area (Å²) < 4.78 is 0. The van der Waals surface area contributed by atoms with Crippen LogP contribution in [-0.4, -0.2) is 57.7 Å². The maximum absolute atomic E-state index is 9.57. The molecule has 2 aliphatic heterocycles. The highest BCUT2D eigenvalue weighted by Crippen LogP contribution is 2.32. The third kappa shape index (κ3) is 0.992. The summed E-state index contributed by atoms with van der Waals surface area (Å²) in [6.45, 7) is 0.832. The van der Waals surface area contributed by atoms with Gasteiger partial charge < -0.3 is 15.3 Å². The van der Waals surface area contributed by atoms with Gasteiger partial charge in [-0.15, -0.1) is 0 Å². The fourth-order valence-electron chi connectivity index (χ4n) is 2.46. The van der Waals surface area contributed by atoms with E-state index in [1.807, 2.05) is 4.90 Å². The van der Waals surface area contributed by atoms with E-state index >= 15 is 0 Å². The van der Waals surface area contributed by atoms with Gasteiger partial charge in [0.2, 0.25) is 0 Å². The predicted molar refractivity (Wildman–Crippen MR) is 42.6 cm³/mol. The van der Waals surface area contributed by atoms with Crippen LogP contribution in [0.3, 0.4) is 0 Å². The van der Waals surface area contributed by atoms with Crippen molar-refractivity contribution in [2.24, 2.45) is 0 Å². The van der Waals surface area contributed by atoms with Crippen LogP contribution >= 0.6 is 0 Å². The first-order valence-corrected chi connectivity index (χ1v) is 4.48. The third-order valence-electron chi connectivity index (χ3n) is 3.09. The van der Waals surface area contributed by atoms with E-state index < -0.39 is 12.2 Å². The molecule has 4 nitrogen and oxygen atoms in total. The molecule has 0 aromatic carbocycles. The van der Waals surface area contributed by atoms with Gasteiger partial charge in [-0.1, -0.05) is 0 Å². The summed E-state index contributed by atoms with van der Waals surface area (Å²) in [6.07, 6.45) is 0.574. The normalized spacial score (nSPS) is 48.2. The van der Waals surface area contributed by atoms with Crippen molar-refractivity contribution in [1.29, 1.82) is 0 Å². The van der Waals surface area contributed by atoms with Crippen molar-refractivity contribution in [3.63, 3.8) is 0 Å². The van der Waals surface area contributed by atoms with Crippen LogP contribution in [0.25, 0.3) is 0 Å². The zero-order chi connectivity index (χ0) is 8.72. The summed E-state index contributed by atoms with van der Waals surface area (Å²) in [5, 5.41) is 28.1. The molecule has 2 heterocycles. The van der Waals surface area contributed by atoms with Gasteiger partial charge in [0, 0.05) is 6.04 Å². The molecule has 0 saturated carbocycles. The highest BCUT2D eigenvalue weighted by atomic mass is 16.3. The van der Waals surface area contributed by atoms with Gasteiger partial charge in [0.15, 0.2) is 0 Å². The summed E-state index contributed by atoms with van der Waals surface area (Å²) >= 11 is 0. The Kier molecular flexibility index (Phi) is 2.08. The lowest BCUT2D eigenvalue weighted by Crippen LogP contribution is -2.38. The van der Waals surface area contributed by atoms with Gasteiger partial charge >= 0.3 is 0 Å². The molecular weight excluding hydrogens is 158 g/mol. The average Bonchev–Trinajstić information content (AvgIpc) is 2.59. The van der Waals surface area contributed by atoms with E-state index in [2.05, 4.69) is 0 Å². The molecule has 0 aliphatic carbocycles. The van der Waals surface area contributed by atoms with Gasteiger partial charge in [-0.3, -0.25) is 4.90 Å². The second-order valence-electron chi connectivity index (χ2n) is 3.68. The molecule has 1 unspecified atom stereocenters. The molecule has 2 saturated heterocycles. The highest BCUT2D eigenvalue weighted by Gasteiger charge is 2.48. The van der Waals surface area contributed by atoms with Crippen LogP contribution in [0, 0.1) is 0 Å². The van der Waals surface area contributed by atoms with Crippen molar-refractivity contribution < 1.29 is 15.3 Å². The first-order valence-electron chi connectivity index (χ1n) is 4.48. The minimum atomic E-state index is -0.764. The largest absolute Gasteiger partial charge is 0.395 e. The van der Waals surface area contributed by atoms with E-state index in [4.69, 9.17) is 5.11 Å². The van der Waals surface area contributed by atoms with E-state index in [9.17, 15) is 10.2 Å². The maximum Gasteiger partial charge on any atom is 0.0991 e. The minimum absolute atomic E-state index is 0.0608. The van der Waals surface area contributed by atoms with E-state index in [-0.39, 0.29) is 18.7 Å². The molecule has 0 bridgehead atoms. The molecule has 2 fully saturated rings. The molecule has 0 aromatic heterocycles. The zero-order valence-corrected chi connectivity index (χ0v) is 6.93. The molecule has 0 spiro atoms. The molecule has 0 aromatic rings. The Labute approximate surface area is 71.4 Å². The Morgan fingerprint density at radius 1 is 1.25 bits per heavy atom. The van der Waals surface area contributed by atoms with Gasteiger partial charge in [-0.25, -0.2) is 0 Å². The van der Waals surface area contributed by atoms with Crippen molar-refractivity contribution >= 4 is 0 Å². The smallest absolute Gasteiger partial charge is 0.0991 e. The molecule has 2 rings (SSSR count). The molecule has 0 amide bonds. The Morgan fingerprint density at radius 3 is 2.67 bits per heavy atom. The van der Waals surface area contributed by atoms with Gasteiger partial charge in [-0.2, -0.15) is 0 Å². The Bertz CT molecular complexity index is 174. The van der Waals surface area contributed by atoms with Crippen molar-refractivity contribution in [2.75, 3.05) is 13.2 Å². The van der Waals surface area contributed by atoms with Crippen molar-refractivity contribution in [1.82, 2.24) is 4.90 Å². The molecular formula is C8H15NO3. The average molecular weight is 173 g/mol. The number of nitrogens with zero attached hydrogens (tertiary/aromatic N) is 1. The maximum atomic E-state index is 9.57. The number of rotatable bonds is 1.